The van der Waals surface area contributed by atoms with Crippen molar-refractivity contribution < 1.29 is 4.52 Å². The van der Waals surface area contributed by atoms with Gasteiger partial charge in [-0.15, -0.1) is 21.5 Å². The molecule has 0 N–H and O–H groups in total. The fourth-order valence-corrected chi connectivity index (χ4v) is 2.77. The van der Waals surface area contributed by atoms with Gasteiger partial charge in [-0.3, -0.25) is 0 Å². The van der Waals surface area contributed by atoms with E-state index in [0.717, 1.165) is 21.5 Å². The van der Waals surface area contributed by atoms with Gasteiger partial charge in [0.25, 0.3) is 0 Å². The highest BCUT2D eigenvalue weighted by molar-refractivity contribution is 7.11. The lowest BCUT2D eigenvalue weighted by Gasteiger charge is -2.14. The molecular formula is C23H45N3OS. The van der Waals surface area contributed by atoms with Crippen molar-refractivity contribution in [3.05, 3.63) is 27.5 Å². The van der Waals surface area contributed by atoms with Crippen LogP contribution in [-0.4, -0.2) is 15.4 Å². The van der Waals surface area contributed by atoms with Crippen LogP contribution in [0.3, 0.4) is 0 Å². The van der Waals surface area contributed by atoms with Crippen LogP contribution in [0.4, 0.5) is 0 Å². The average Bonchev–Trinajstić information content (AvgIpc) is 3.06. The predicted molar refractivity (Wildman–Crippen MR) is 125 cm³/mol. The van der Waals surface area contributed by atoms with Crippen molar-refractivity contribution in [1.82, 2.24) is 15.4 Å². The van der Waals surface area contributed by atoms with E-state index in [0.29, 0.717) is 0 Å². The second-order valence-corrected chi connectivity index (χ2v) is 12.0. The zero-order valence-corrected chi connectivity index (χ0v) is 19.6. The minimum absolute atomic E-state index is 0. The van der Waals surface area contributed by atoms with Gasteiger partial charge in [-0.05, 0) is 0 Å². The minimum Gasteiger partial charge on any atom is -0.361 e. The van der Waals surface area contributed by atoms with Crippen LogP contribution in [-0.2, 0) is 21.7 Å². The second kappa shape index (κ2) is 9.51. The molecule has 0 fully saturated rings. The summed E-state index contributed by atoms with van der Waals surface area (Å²) in [5.74, 6) is 0.956. The summed E-state index contributed by atoms with van der Waals surface area (Å²) in [6.07, 6.45) is 0. The standard InChI is InChI=1S/C11H19NO.C10H18N2S.2CH4/c1-10(2,3)8-7-9(13-12-8)11(4,5)6;1-9(2,3)7-11-12-8(13-7)10(4,5)6;;/h7H,1-6H3;1-6H3;2*1H4. The lowest BCUT2D eigenvalue weighted by Crippen LogP contribution is -2.12. The summed E-state index contributed by atoms with van der Waals surface area (Å²) in [7, 11) is 0. The maximum Gasteiger partial charge on any atom is 0.142 e. The van der Waals surface area contributed by atoms with Crippen molar-refractivity contribution in [3.63, 3.8) is 0 Å². The third-order valence-corrected chi connectivity index (χ3v) is 5.50. The highest BCUT2D eigenvalue weighted by Crippen LogP contribution is 2.31. The number of hydrogen-bond acceptors (Lipinski definition) is 5. The van der Waals surface area contributed by atoms with Gasteiger partial charge in [-0.25, -0.2) is 0 Å². The van der Waals surface area contributed by atoms with Gasteiger partial charge in [0.15, 0.2) is 0 Å². The van der Waals surface area contributed by atoms with Gasteiger partial charge >= 0.3 is 0 Å². The van der Waals surface area contributed by atoms with Crippen LogP contribution in [0.25, 0.3) is 0 Å². The Balaban J connectivity index is 0. The first-order valence-electron chi connectivity index (χ1n) is 9.24. The summed E-state index contributed by atoms with van der Waals surface area (Å²) in [5.41, 5.74) is 1.41. The first-order valence-corrected chi connectivity index (χ1v) is 10.1. The van der Waals surface area contributed by atoms with Crippen molar-refractivity contribution in [2.24, 2.45) is 0 Å². The molecule has 2 heterocycles. The van der Waals surface area contributed by atoms with E-state index in [1.165, 1.54) is 0 Å². The Labute approximate surface area is 178 Å². The molecule has 2 rings (SSSR count). The molecule has 0 saturated heterocycles. The molecule has 0 aromatic carbocycles. The normalized spacial score (nSPS) is 12.4. The molecule has 0 radical (unpaired) electrons. The van der Waals surface area contributed by atoms with Crippen LogP contribution in [0.2, 0.25) is 0 Å². The first kappa shape index (κ1) is 29.0. The Hall–Kier alpha value is -1.23. The Morgan fingerprint density at radius 3 is 1.21 bits per heavy atom. The van der Waals surface area contributed by atoms with Gasteiger partial charge in [0.1, 0.15) is 15.8 Å². The Morgan fingerprint density at radius 2 is 1.04 bits per heavy atom. The third kappa shape index (κ3) is 8.42. The van der Waals surface area contributed by atoms with Crippen molar-refractivity contribution in [2.75, 3.05) is 0 Å². The van der Waals surface area contributed by atoms with Crippen molar-refractivity contribution >= 4 is 11.3 Å². The van der Waals surface area contributed by atoms with Crippen LogP contribution in [0.15, 0.2) is 10.6 Å². The summed E-state index contributed by atoms with van der Waals surface area (Å²) in [6.45, 7) is 25.8. The maximum absolute atomic E-state index is 5.31. The van der Waals surface area contributed by atoms with E-state index < -0.39 is 0 Å². The van der Waals surface area contributed by atoms with E-state index in [1.807, 2.05) is 0 Å². The SMILES string of the molecule is C.C.CC(C)(C)c1cc(C(C)(C)C)on1.CC(C)(C)c1nnc(C(C)(C)C)s1. The maximum atomic E-state index is 5.31. The van der Waals surface area contributed by atoms with Crippen LogP contribution in [0.5, 0.6) is 0 Å². The molecule has 2 aromatic heterocycles. The number of hydrogen-bond donors (Lipinski definition) is 0. The van der Waals surface area contributed by atoms with Gasteiger partial charge in [0.05, 0.1) is 5.69 Å². The van der Waals surface area contributed by atoms with Crippen LogP contribution in [0, 0.1) is 0 Å². The second-order valence-electron chi connectivity index (χ2n) is 11.0. The molecular weight excluding hydrogens is 366 g/mol. The van der Waals surface area contributed by atoms with Crippen LogP contribution >= 0.6 is 11.3 Å². The largest absolute Gasteiger partial charge is 0.361 e. The number of nitrogens with zero attached hydrogens (tertiary/aromatic N) is 3. The molecule has 4 nitrogen and oxygen atoms in total. The van der Waals surface area contributed by atoms with Crippen molar-refractivity contribution in [3.8, 4) is 0 Å². The lowest BCUT2D eigenvalue weighted by atomic mass is 9.88. The zero-order valence-electron chi connectivity index (χ0n) is 18.7. The smallest absolute Gasteiger partial charge is 0.142 e. The molecule has 0 unspecified atom stereocenters. The van der Waals surface area contributed by atoms with Gasteiger partial charge < -0.3 is 4.52 Å². The monoisotopic (exact) mass is 411 g/mol. The van der Waals surface area contributed by atoms with E-state index in [4.69, 9.17) is 4.52 Å². The molecule has 0 aliphatic heterocycles. The minimum atomic E-state index is 0. The molecule has 0 saturated carbocycles. The molecule has 0 aliphatic carbocycles. The van der Waals surface area contributed by atoms with Gasteiger partial charge in [0, 0.05) is 27.7 Å². The first-order chi connectivity index (χ1) is 11.4. The van der Waals surface area contributed by atoms with Gasteiger partial charge in [-0.1, -0.05) is 103 Å². The average molecular weight is 412 g/mol. The molecule has 2 aromatic rings. The Morgan fingerprint density at radius 1 is 0.643 bits per heavy atom. The van der Waals surface area contributed by atoms with E-state index in [-0.39, 0.29) is 36.5 Å². The van der Waals surface area contributed by atoms with E-state index >= 15 is 0 Å². The number of aromatic nitrogens is 3. The summed E-state index contributed by atoms with van der Waals surface area (Å²) >= 11 is 1.72. The highest BCUT2D eigenvalue weighted by Gasteiger charge is 2.25. The molecule has 0 amide bonds. The number of rotatable bonds is 0. The van der Waals surface area contributed by atoms with Crippen LogP contribution < -0.4 is 0 Å². The fraction of sp³-hybridized carbons (Fsp3) is 0.783. The Kier molecular flexibility index (Phi) is 9.84. The predicted octanol–water partition coefficient (Wildman–Crippen LogP) is 7.67. The molecule has 0 bridgehead atoms. The van der Waals surface area contributed by atoms with Gasteiger partial charge in [-0.2, -0.15) is 0 Å². The van der Waals surface area contributed by atoms with Gasteiger partial charge in [0.2, 0.25) is 0 Å². The van der Waals surface area contributed by atoms with Crippen molar-refractivity contribution in [2.45, 2.75) is 120 Å². The quantitative estimate of drug-likeness (QED) is 0.446. The summed E-state index contributed by atoms with van der Waals surface area (Å²) in [5, 5.41) is 14.8. The zero-order chi connectivity index (χ0) is 20.6. The summed E-state index contributed by atoms with van der Waals surface area (Å²) < 4.78 is 5.31. The van der Waals surface area contributed by atoms with E-state index in [1.54, 1.807) is 11.3 Å². The summed E-state index contributed by atoms with van der Waals surface area (Å²) in [6, 6.07) is 2.06. The molecule has 5 heteroatoms. The lowest BCUT2D eigenvalue weighted by molar-refractivity contribution is 0.319. The third-order valence-electron chi connectivity index (χ3n) is 3.73. The molecule has 0 atom stereocenters. The Bertz CT molecular complexity index is 583. The van der Waals surface area contributed by atoms with Crippen molar-refractivity contribution in [1.29, 1.82) is 0 Å². The molecule has 0 aliphatic rings. The van der Waals surface area contributed by atoms with E-state index in [9.17, 15) is 0 Å². The van der Waals surface area contributed by atoms with Crippen LogP contribution in [0.1, 0.15) is 119 Å². The molecule has 28 heavy (non-hydrogen) atoms. The van der Waals surface area contributed by atoms with E-state index in [2.05, 4.69) is 105 Å². The molecule has 164 valence electrons. The molecule has 0 spiro atoms. The highest BCUT2D eigenvalue weighted by atomic mass is 32.1. The fourth-order valence-electron chi connectivity index (χ4n) is 1.81. The topological polar surface area (TPSA) is 51.8 Å². The summed E-state index contributed by atoms with van der Waals surface area (Å²) in [4.78, 5) is 0.